The van der Waals surface area contributed by atoms with Crippen LogP contribution in [0.15, 0.2) is 29.3 Å². The van der Waals surface area contributed by atoms with E-state index in [0.29, 0.717) is 5.39 Å². The van der Waals surface area contributed by atoms with E-state index in [9.17, 15) is 14.7 Å². The van der Waals surface area contributed by atoms with E-state index in [4.69, 9.17) is 0 Å². The molecule has 0 saturated heterocycles. The number of urea groups is 1. The number of amides is 3. The number of carbonyl (C=O) groups is 2. The molecule has 1 aromatic carbocycles. The Balaban J connectivity index is 2.37. The summed E-state index contributed by atoms with van der Waals surface area (Å²) < 4.78 is 1.54. The molecule has 1 aliphatic heterocycles. The van der Waals surface area contributed by atoms with E-state index in [0.717, 1.165) is 5.52 Å². The van der Waals surface area contributed by atoms with E-state index in [2.05, 4.69) is 10.3 Å². The molecule has 0 bridgehead atoms. The molecule has 0 unspecified atom stereocenters. The molecule has 3 rings (SSSR count). The zero-order valence-electron chi connectivity index (χ0n) is 9.47. The van der Waals surface area contributed by atoms with Crippen LogP contribution in [0.1, 0.15) is 5.56 Å². The van der Waals surface area contributed by atoms with Gasteiger partial charge in [-0.05, 0) is 6.07 Å². The molecule has 1 aromatic heterocycles. The lowest BCUT2D eigenvalue weighted by Crippen LogP contribution is -2.25. The maximum Gasteiger partial charge on any atom is 0.348 e. The average molecular weight is 243 g/mol. The van der Waals surface area contributed by atoms with E-state index >= 15 is 0 Å². The minimum Gasteiger partial charge on any atom is -0.494 e. The van der Waals surface area contributed by atoms with Gasteiger partial charge in [0.15, 0.2) is 0 Å². The average Bonchev–Trinajstić information content (AvgIpc) is 2.79. The van der Waals surface area contributed by atoms with Crippen LogP contribution in [0.4, 0.5) is 4.79 Å². The second-order valence-corrected chi connectivity index (χ2v) is 3.99. The van der Waals surface area contributed by atoms with Gasteiger partial charge in [-0.15, -0.1) is 0 Å². The van der Waals surface area contributed by atoms with Gasteiger partial charge >= 0.3 is 6.03 Å². The summed E-state index contributed by atoms with van der Waals surface area (Å²) in [7, 11) is 1.68. The highest BCUT2D eigenvalue weighted by molar-refractivity contribution is 6.53. The number of hydrogen-bond acceptors (Lipinski definition) is 3. The summed E-state index contributed by atoms with van der Waals surface area (Å²) in [6.45, 7) is 0. The molecule has 2 heterocycles. The summed E-state index contributed by atoms with van der Waals surface area (Å²) in [6.07, 6.45) is 0. The third-order valence-corrected chi connectivity index (χ3v) is 2.96. The highest BCUT2D eigenvalue weighted by atomic mass is 16.3. The molecule has 0 fully saturated rings. The van der Waals surface area contributed by atoms with Gasteiger partial charge in [-0.2, -0.15) is 4.99 Å². The Bertz CT molecular complexity index is 727. The number of carbonyl (C=O) groups excluding carboxylic acids is 2. The van der Waals surface area contributed by atoms with E-state index in [1.807, 2.05) is 12.1 Å². The van der Waals surface area contributed by atoms with Crippen molar-refractivity contribution in [3.05, 3.63) is 29.8 Å². The van der Waals surface area contributed by atoms with E-state index in [-0.39, 0.29) is 17.2 Å². The molecule has 1 aliphatic rings. The van der Waals surface area contributed by atoms with Crippen LogP contribution in [0.3, 0.4) is 0 Å². The maximum absolute atomic E-state index is 11.6. The van der Waals surface area contributed by atoms with Crippen molar-refractivity contribution >= 4 is 28.6 Å². The Hall–Kier alpha value is -2.63. The number of aryl methyl sites for hydroxylation is 1. The number of imide groups is 1. The topological polar surface area (TPSA) is 83.7 Å². The number of rotatable bonds is 1. The van der Waals surface area contributed by atoms with Crippen molar-refractivity contribution in [3.63, 3.8) is 0 Å². The van der Waals surface area contributed by atoms with Crippen LogP contribution in [-0.4, -0.2) is 27.3 Å². The van der Waals surface area contributed by atoms with Crippen LogP contribution >= 0.6 is 0 Å². The van der Waals surface area contributed by atoms with E-state index in [1.165, 1.54) is 0 Å². The first-order valence-corrected chi connectivity index (χ1v) is 5.30. The number of fused-ring (bicyclic) bond motifs is 1. The largest absolute Gasteiger partial charge is 0.494 e. The van der Waals surface area contributed by atoms with Crippen molar-refractivity contribution in [2.24, 2.45) is 12.0 Å². The number of hydrogen-bond donors (Lipinski definition) is 2. The monoisotopic (exact) mass is 243 g/mol. The molecule has 6 heteroatoms. The zero-order valence-corrected chi connectivity index (χ0v) is 9.47. The van der Waals surface area contributed by atoms with Crippen molar-refractivity contribution in [2.45, 2.75) is 0 Å². The Morgan fingerprint density at radius 2 is 2.00 bits per heavy atom. The summed E-state index contributed by atoms with van der Waals surface area (Å²) in [5, 5.41) is 12.8. The number of para-hydroxylation sites is 1. The Morgan fingerprint density at radius 3 is 2.67 bits per heavy atom. The molecule has 3 amide bonds. The molecule has 0 aliphatic carbocycles. The number of benzene rings is 1. The maximum atomic E-state index is 11.6. The quantitative estimate of drug-likeness (QED) is 0.781. The third kappa shape index (κ3) is 1.26. The molecule has 2 N–H and O–H groups in total. The molecule has 0 spiro atoms. The third-order valence-electron chi connectivity index (χ3n) is 2.96. The number of aromatic hydroxyl groups is 1. The van der Waals surface area contributed by atoms with Gasteiger partial charge in [0.25, 0.3) is 5.91 Å². The van der Waals surface area contributed by atoms with E-state index in [1.54, 1.807) is 23.7 Å². The SMILES string of the molecule is Cn1c(O)c(C2=NC(=O)NC2=O)c2ccccc21. The van der Waals surface area contributed by atoms with Crippen molar-refractivity contribution in [3.8, 4) is 5.88 Å². The zero-order chi connectivity index (χ0) is 12.9. The Morgan fingerprint density at radius 1 is 1.28 bits per heavy atom. The molecule has 0 radical (unpaired) electrons. The molecule has 0 atom stereocenters. The van der Waals surface area contributed by atoms with Crippen molar-refractivity contribution < 1.29 is 14.7 Å². The standard InChI is InChI=1S/C12H9N3O3/c1-15-7-5-3-2-4-6(7)8(11(15)17)9-10(16)14-12(18)13-9/h2-5,17H,1H3,(H,14,16,18). The lowest BCUT2D eigenvalue weighted by atomic mass is 10.1. The first kappa shape index (κ1) is 10.5. The number of aliphatic imine (C=N–C) groups is 1. The van der Waals surface area contributed by atoms with Crippen LogP contribution in [0.25, 0.3) is 10.9 Å². The van der Waals surface area contributed by atoms with Crippen LogP contribution in [0.5, 0.6) is 5.88 Å². The van der Waals surface area contributed by atoms with Crippen molar-refractivity contribution in [2.75, 3.05) is 0 Å². The predicted octanol–water partition coefficient (Wildman–Crippen LogP) is 0.923. The molecular formula is C12H9N3O3. The molecule has 0 saturated carbocycles. The molecule has 90 valence electrons. The number of aromatic nitrogens is 1. The lowest BCUT2D eigenvalue weighted by Gasteiger charge is -1.98. The highest BCUT2D eigenvalue weighted by Gasteiger charge is 2.30. The van der Waals surface area contributed by atoms with Crippen molar-refractivity contribution in [1.29, 1.82) is 0 Å². The second kappa shape index (κ2) is 3.43. The summed E-state index contributed by atoms with van der Waals surface area (Å²) >= 11 is 0. The van der Waals surface area contributed by atoms with Gasteiger partial charge in [0, 0.05) is 12.4 Å². The first-order chi connectivity index (χ1) is 8.59. The molecular weight excluding hydrogens is 234 g/mol. The van der Waals surface area contributed by atoms with Crippen LogP contribution in [0.2, 0.25) is 0 Å². The smallest absolute Gasteiger partial charge is 0.348 e. The number of nitrogens with one attached hydrogen (secondary N) is 1. The summed E-state index contributed by atoms with van der Waals surface area (Å²) in [5.41, 5.74) is 1.01. The molecule has 18 heavy (non-hydrogen) atoms. The second-order valence-electron chi connectivity index (χ2n) is 3.99. The number of nitrogens with zero attached hydrogens (tertiary/aromatic N) is 2. The predicted molar refractivity (Wildman–Crippen MR) is 64.7 cm³/mol. The van der Waals surface area contributed by atoms with Gasteiger partial charge in [0.05, 0.1) is 11.1 Å². The normalized spacial score (nSPS) is 15.1. The van der Waals surface area contributed by atoms with Gasteiger partial charge in [-0.1, -0.05) is 18.2 Å². The fourth-order valence-corrected chi connectivity index (χ4v) is 2.12. The van der Waals surface area contributed by atoms with Crippen LogP contribution in [-0.2, 0) is 11.8 Å². The molecule has 2 aromatic rings. The fourth-order valence-electron chi connectivity index (χ4n) is 2.12. The highest BCUT2D eigenvalue weighted by Crippen LogP contribution is 2.31. The summed E-state index contributed by atoms with van der Waals surface area (Å²) in [5.74, 6) is -0.675. The van der Waals surface area contributed by atoms with Gasteiger partial charge in [0.1, 0.15) is 5.71 Å². The minimum atomic E-state index is -0.706. The molecule has 6 nitrogen and oxygen atoms in total. The van der Waals surface area contributed by atoms with E-state index < -0.39 is 11.9 Å². The Kier molecular flexibility index (Phi) is 2.00. The fraction of sp³-hybridized carbons (Fsp3) is 0.0833. The van der Waals surface area contributed by atoms with Crippen LogP contribution in [0, 0.1) is 0 Å². The van der Waals surface area contributed by atoms with Crippen molar-refractivity contribution in [1.82, 2.24) is 9.88 Å². The first-order valence-electron chi connectivity index (χ1n) is 5.30. The van der Waals surface area contributed by atoms with Gasteiger partial charge in [-0.3, -0.25) is 10.1 Å². The van der Waals surface area contributed by atoms with Gasteiger partial charge in [0.2, 0.25) is 5.88 Å². The lowest BCUT2D eigenvalue weighted by molar-refractivity contribution is -0.113. The minimum absolute atomic E-state index is 0.0469. The van der Waals surface area contributed by atoms with Gasteiger partial charge < -0.3 is 9.67 Å². The van der Waals surface area contributed by atoms with Gasteiger partial charge in [-0.25, -0.2) is 4.79 Å². The Labute approximate surface area is 102 Å². The summed E-state index contributed by atoms with van der Waals surface area (Å²) in [4.78, 5) is 26.3. The summed E-state index contributed by atoms with van der Waals surface area (Å²) in [6, 6.07) is 6.49. The van der Waals surface area contributed by atoms with Crippen LogP contribution < -0.4 is 5.32 Å².